The highest BCUT2D eigenvalue weighted by molar-refractivity contribution is 4.98. The molecule has 16 heavy (non-hydrogen) atoms. The third-order valence-electron chi connectivity index (χ3n) is 4.77. The van der Waals surface area contributed by atoms with Crippen molar-refractivity contribution in [2.24, 2.45) is 11.8 Å². The zero-order chi connectivity index (χ0) is 10.8. The van der Waals surface area contributed by atoms with Crippen LogP contribution in [-0.2, 0) is 0 Å². The number of fused-ring (bicyclic) bond motifs is 3. The highest BCUT2D eigenvalue weighted by atomic mass is 15.1. The second-order valence-electron chi connectivity index (χ2n) is 5.76. The molecule has 0 aromatic carbocycles. The first-order valence-electron chi connectivity index (χ1n) is 7.12. The Bertz CT molecular complexity index is 231. The van der Waals surface area contributed by atoms with E-state index in [1.165, 1.54) is 45.2 Å². The van der Waals surface area contributed by atoms with Crippen molar-refractivity contribution < 1.29 is 0 Å². The predicted molar refractivity (Wildman–Crippen MR) is 66.5 cm³/mol. The average molecular weight is 223 g/mol. The van der Waals surface area contributed by atoms with Gasteiger partial charge in [0.1, 0.15) is 0 Å². The lowest BCUT2D eigenvalue weighted by atomic mass is 9.82. The Morgan fingerprint density at radius 3 is 2.44 bits per heavy atom. The largest absolute Gasteiger partial charge is 0.315 e. The van der Waals surface area contributed by atoms with Crippen LogP contribution >= 0.6 is 0 Å². The summed E-state index contributed by atoms with van der Waals surface area (Å²) in [7, 11) is 0. The van der Waals surface area contributed by atoms with Gasteiger partial charge in [-0.15, -0.1) is 0 Å². The molecule has 3 rings (SSSR count). The Labute approximate surface area is 98.8 Å². The Hall–Kier alpha value is -0.120. The lowest BCUT2D eigenvalue weighted by Gasteiger charge is -2.38. The number of nitrogens with one attached hydrogen (secondary N) is 3. The lowest BCUT2D eigenvalue weighted by Crippen LogP contribution is -2.56. The summed E-state index contributed by atoms with van der Waals surface area (Å²) in [6.45, 7) is 4.75. The summed E-state index contributed by atoms with van der Waals surface area (Å²) < 4.78 is 0. The molecule has 0 radical (unpaired) electrons. The van der Waals surface area contributed by atoms with Crippen LogP contribution in [-0.4, -0.2) is 38.3 Å². The fourth-order valence-electron chi connectivity index (χ4n) is 3.98. The molecule has 0 aromatic heterocycles. The third-order valence-corrected chi connectivity index (χ3v) is 4.77. The van der Waals surface area contributed by atoms with E-state index >= 15 is 0 Å². The molecule has 2 saturated heterocycles. The second-order valence-corrected chi connectivity index (χ2v) is 5.76. The van der Waals surface area contributed by atoms with Crippen LogP contribution < -0.4 is 16.0 Å². The summed E-state index contributed by atoms with van der Waals surface area (Å²) in [4.78, 5) is 0. The van der Waals surface area contributed by atoms with E-state index in [2.05, 4.69) is 16.0 Å². The minimum Gasteiger partial charge on any atom is -0.315 e. The van der Waals surface area contributed by atoms with Crippen molar-refractivity contribution in [2.45, 2.75) is 44.2 Å². The van der Waals surface area contributed by atoms with Crippen LogP contribution in [0.15, 0.2) is 0 Å². The molecule has 1 saturated carbocycles. The van der Waals surface area contributed by atoms with Crippen LogP contribution in [0, 0.1) is 11.8 Å². The molecule has 3 fully saturated rings. The van der Waals surface area contributed by atoms with Crippen LogP contribution in [0.2, 0.25) is 0 Å². The number of piperidine rings is 1. The Kier molecular flexibility index (Phi) is 3.46. The molecular weight excluding hydrogens is 198 g/mol. The molecular formula is C13H25N3. The monoisotopic (exact) mass is 223 g/mol. The van der Waals surface area contributed by atoms with Crippen LogP contribution in [0.25, 0.3) is 0 Å². The van der Waals surface area contributed by atoms with Gasteiger partial charge in [0.25, 0.3) is 0 Å². The maximum atomic E-state index is 3.80. The van der Waals surface area contributed by atoms with Crippen LogP contribution in [0.1, 0.15) is 32.1 Å². The maximum absolute atomic E-state index is 3.80. The van der Waals surface area contributed by atoms with Gasteiger partial charge in [0.05, 0.1) is 0 Å². The molecule has 2 unspecified atom stereocenters. The number of hydrogen-bond acceptors (Lipinski definition) is 3. The quantitative estimate of drug-likeness (QED) is 0.566. The normalized spacial score (nSPS) is 45.0. The molecule has 4 atom stereocenters. The lowest BCUT2D eigenvalue weighted by molar-refractivity contribution is 0.205. The maximum Gasteiger partial charge on any atom is 0.0264 e. The van der Waals surface area contributed by atoms with E-state index in [1.807, 2.05) is 0 Å². The fourth-order valence-corrected chi connectivity index (χ4v) is 3.98. The molecule has 0 amide bonds. The van der Waals surface area contributed by atoms with E-state index < -0.39 is 0 Å². The van der Waals surface area contributed by atoms with Crippen molar-refractivity contribution in [3.63, 3.8) is 0 Å². The number of rotatable bonds is 0. The predicted octanol–water partition coefficient (Wildman–Crippen LogP) is 0.716. The van der Waals surface area contributed by atoms with Gasteiger partial charge in [-0.25, -0.2) is 0 Å². The van der Waals surface area contributed by atoms with Gasteiger partial charge in [-0.2, -0.15) is 0 Å². The van der Waals surface area contributed by atoms with E-state index in [-0.39, 0.29) is 0 Å². The molecule has 3 heteroatoms. The molecule has 1 aliphatic carbocycles. The first-order chi connectivity index (χ1) is 7.95. The highest BCUT2D eigenvalue weighted by Gasteiger charge is 2.38. The molecule has 2 aliphatic heterocycles. The summed E-state index contributed by atoms with van der Waals surface area (Å²) in [5.41, 5.74) is 0. The van der Waals surface area contributed by atoms with Crippen LogP contribution in [0.4, 0.5) is 0 Å². The highest BCUT2D eigenvalue weighted by Crippen LogP contribution is 2.32. The van der Waals surface area contributed by atoms with Gasteiger partial charge in [-0.1, -0.05) is 6.42 Å². The van der Waals surface area contributed by atoms with E-state index in [1.54, 1.807) is 0 Å². The molecule has 0 spiro atoms. The van der Waals surface area contributed by atoms with Gasteiger partial charge in [0.15, 0.2) is 0 Å². The van der Waals surface area contributed by atoms with E-state index in [0.29, 0.717) is 0 Å². The van der Waals surface area contributed by atoms with Gasteiger partial charge in [0, 0.05) is 25.2 Å². The SMILES string of the molecule is C1CNC2C3NCCNC[C@H]3CCC[C@H]2C1. The molecule has 3 nitrogen and oxygen atoms in total. The minimum absolute atomic E-state index is 0.725. The fraction of sp³-hybridized carbons (Fsp3) is 1.00. The topological polar surface area (TPSA) is 36.1 Å². The molecule has 3 N–H and O–H groups in total. The molecule has 0 bridgehead atoms. The Morgan fingerprint density at radius 1 is 0.688 bits per heavy atom. The summed E-state index contributed by atoms with van der Waals surface area (Å²) in [6, 6.07) is 1.48. The summed E-state index contributed by atoms with van der Waals surface area (Å²) >= 11 is 0. The van der Waals surface area contributed by atoms with Gasteiger partial charge in [0.2, 0.25) is 0 Å². The Balaban J connectivity index is 1.77. The first kappa shape index (κ1) is 11.0. The van der Waals surface area contributed by atoms with Crippen LogP contribution in [0.3, 0.4) is 0 Å². The summed E-state index contributed by atoms with van der Waals surface area (Å²) in [5.74, 6) is 1.79. The van der Waals surface area contributed by atoms with Gasteiger partial charge in [-0.3, -0.25) is 0 Å². The zero-order valence-corrected chi connectivity index (χ0v) is 10.2. The van der Waals surface area contributed by atoms with Crippen molar-refractivity contribution in [1.29, 1.82) is 0 Å². The van der Waals surface area contributed by atoms with Crippen LogP contribution in [0.5, 0.6) is 0 Å². The Morgan fingerprint density at radius 2 is 1.44 bits per heavy atom. The average Bonchev–Trinajstić information content (AvgIpc) is 2.62. The minimum atomic E-state index is 0.725. The standard InChI is InChI=1S/C13H25N3/c1-3-10-5-2-6-15-12(10)13-11(4-1)9-14-7-8-16-13/h10-16H,1-9H2/t10-,11+,12?,13?/m0/s1. The van der Waals surface area contributed by atoms with Gasteiger partial charge >= 0.3 is 0 Å². The van der Waals surface area contributed by atoms with Crippen molar-refractivity contribution in [2.75, 3.05) is 26.2 Å². The number of hydrogen-bond donors (Lipinski definition) is 3. The van der Waals surface area contributed by atoms with Gasteiger partial charge in [-0.05, 0) is 50.6 Å². The summed E-state index contributed by atoms with van der Waals surface area (Å²) in [6.07, 6.45) is 7.14. The summed E-state index contributed by atoms with van der Waals surface area (Å²) in [5, 5.41) is 11.2. The van der Waals surface area contributed by atoms with E-state index in [0.717, 1.165) is 37.0 Å². The van der Waals surface area contributed by atoms with Crippen molar-refractivity contribution in [1.82, 2.24) is 16.0 Å². The van der Waals surface area contributed by atoms with Crippen molar-refractivity contribution in [3.05, 3.63) is 0 Å². The third kappa shape index (κ3) is 2.13. The molecule has 92 valence electrons. The first-order valence-corrected chi connectivity index (χ1v) is 7.12. The van der Waals surface area contributed by atoms with Crippen molar-refractivity contribution in [3.8, 4) is 0 Å². The molecule has 0 aromatic rings. The molecule has 2 heterocycles. The van der Waals surface area contributed by atoms with E-state index in [4.69, 9.17) is 0 Å². The smallest absolute Gasteiger partial charge is 0.0264 e. The second kappa shape index (κ2) is 5.03. The van der Waals surface area contributed by atoms with Gasteiger partial charge < -0.3 is 16.0 Å². The van der Waals surface area contributed by atoms with Crippen molar-refractivity contribution >= 4 is 0 Å². The molecule has 3 aliphatic rings. The zero-order valence-electron chi connectivity index (χ0n) is 10.2. The van der Waals surface area contributed by atoms with E-state index in [9.17, 15) is 0 Å².